The molecule has 0 unspecified atom stereocenters. The first-order valence-corrected chi connectivity index (χ1v) is 8.63. The molecule has 0 bridgehead atoms. The second kappa shape index (κ2) is 10.2. The average molecular weight is 374 g/mol. The highest BCUT2D eigenvalue weighted by atomic mass is 19.1. The summed E-state index contributed by atoms with van der Waals surface area (Å²) in [7, 11) is 0. The van der Waals surface area contributed by atoms with E-state index in [1.807, 2.05) is 19.9 Å². The summed E-state index contributed by atoms with van der Waals surface area (Å²) in [6, 6.07) is 13.2. The number of esters is 1. The van der Waals surface area contributed by atoms with Crippen LogP contribution in [0.5, 0.6) is 5.75 Å². The molecule has 0 saturated heterocycles. The maximum absolute atomic E-state index is 12.8. The largest absolute Gasteiger partial charge is 0.490 e. The molecule has 2 amide bonds. The molecule has 27 heavy (non-hydrogen) atoms. The number of benzene rings is 2. The number of halogens is 1. The fourth-order valence-electron chi connectivity index (χ4n) is 2.25. The number of carbonyl (C=O) groups is 2. The highest BCUT2D eigenvalue weighted by molar-refractivity contribution is 5.92. The van der Waals surface area contributed by atoms with Gasteiger partial charge < -0.3 is 20.1 Å². The van der Waals surface area contributed by atoms with E-state index in [1.54, 1.807) is 24.3 Å². The zero-order chi connectivity index (χ0) is 19.6. The molecule has 144 valence electrons. The molecular weight excluding hydrogens is 351 g/mol. The van der Waals surface area contributed by atoms with Gasteiger partial charge in [-0.25, -0.2) is 14.0 Å². The summed E-state index contributed by atoms with van der Waals surface area (Å²) in [5.41, 5.74) is 0.624. The van der Waals surface area contributed by atoms with Gasteiger partial charge in [0.05, 0.1) is 0 Å². The first-order chi connectivity index (χ1) is 13.0. The van der Waals surface area contributed by atoms with Gasteiger partial charge in [0.1, 0.15) is 30.8 Å². The van der Waals surface area contributed by atoms with Crippen molar-refractivity contribution in [2.45, 2.75) is 19.9 Å². The van der Waals surface area contributed by atoms with Crippen molar-refractivity contribution in [2.75, 3.05) is 18.5 Å². The molecule has 2 rings (SSSR count). The topological polar surface area (TPSA) is 76.7 Å². The van der Waals surface area contributed by atoms with Crippen molar-refractivity contribution >= 4 is 17.7 Å². The lowest BCUT2D eigenvalue weighted by Gasteiger charge is -2.21. The van der Waals surface area contributed by atoms with Gasteiger partial charge in [0, 0.05) is 5.69 Å². The fourth-order valence-corrected chi connectivity index (χ4v) is 2.25. The van der Waals surface area contributed by atoms with Gasteiger partial charge in [0.15, 0.2) is 0 Å². The minimum atomic E-state index is -0.792. The lowest BCUT2D eigenvalue weighted by atomic mass is 10.1. The molecule has 2 aromatic rings. The molecule has 6 nitrogen and oxygen atoms in total. The number of urea groups is 1. The van der Waals surface area contributed by atoms with Crippen LogP contribution in [0.2, 0.25) is 0 Å². The molecule has 0 aliphatic rings. The van der Waals surface area contributed by atoms with Gasteiger partial charge in [-0.2, -0.15) is 0 Å². The standard InChI is InChI=1S/C20H23FN2O4/c1-14(2)18(23-20(25)22-16-6-4-3-5-7-16)19(24)27-13-12-26-17-10-8-15(21)9-11-17/h3-11,14,18H,12-13H2,1-2H3,(H2,22,23,25)/t18-/m1/s1. The lowest BCUT2D eigenvalue weighted by Crippen LogP contribution is -2.47. The molecule has 0 aliphatic heterocycles. The molecule has 1 atom stereocenters. The minimum Gasteiger partial charge on any atom is -0.490 e. The molecule has 7 heteroatoms. The van der Waals surface area contributed by atoms with Crippen molar-refractivity contribution in [3.63, 3.8) is 0 Å². The number of anilines is 1. The van der Waals surface area contributed by atoms with Crippen LogP contribution >= 0.6 is 0 Å². The third kappa shape index (κ3) is 6.97. The second-order valence-corrected chi connectivity index (χ2v) is 6.16. The number of carbonyl (C=O) groups excluding carboxylic acids is 2. The van der Waals surface area contributed by atoms with Crippen LogP contribution < -0.4 is 15.4 Å². The Hall–Kier alpha value is -3.09. The van der Waals surface area contributed by atoms with E-state index >= 15 is 0 Å². The highest BCUT2D eigenvalue weighted by Crippen LogP contribution is 2.11. The maximum atomic E-state index is 12.8. The van der Waals surface area contributed by atoms with Crippen LogP contribution in [0.1, 0.15) is 13.8 Å². The van der Waals surface area contributed by atoms with E-state index < -0.39 is 18.0 Å². The summed E-state index contributed by atoms with van der Waals surface area (Å²) < 4.78 is 23.4. The van der Waals surface area contributed by atoms with Crippen molar-refractivity contribution in [1.82, 2.24) is 5.32 Å². The molecule has 2 N–H and O–H groups in total. The molecule has 0 spiro atoms. The molecule has 2 aromatic carbocycles. The van der Waals surface area contributed by atoms with Gasteiger partial charge >= 0.3 is 12.0 Å². The Bertz CT molecular complexity index is 735. The molecule has 0 saturated carbocycles. The molecular formula is C20H23FN2O4. The highest BCUT2D eigenvalue weighted by Gasteiger charge is 2.25. The molecule has 0 fully saturated rings. The summed E-state index contributed by atoms with van der Waals surface area (Å²) >= 11 is 0. The predicted molar refractivity (Wildman–Crippen MR) is 100 cm³/mol. The quantitative estimate of drug-likeness (QED) is 0.547. The summed E-state index contributed by atoms with van der Waals surface area (Å²) in [6.07, 6.45) is 0. The summed E-state index contributed by atoms with van der Waals surface area (Å²) in [5, 5.41) is 5.28. The SMILES string of the molecule is CC(C)[C@@H](NC(=O)Nc1ccccc1)C(=O)OCCOc1ccc(F)cc1. The van der Waals surface area contributed by atoms with E-state index in [9.17, 15) is 14.0 Å². The zero-order valence-corrected chi connectivity index (χ0v) is 15.3. The monoisotopic (exact) mass is 374 g/mol. The van der Waals surface area contributed by atoms with Crippen molar-refractivity contribution in [3.05, 3.63) is 60.4 Å². The third-order valence-electron chi connectivity index (χ3n) is 3.65. The number of ether oxygens (including phenoxy) is 2. The number of hydrogen-bond donors (Lipinski definition) is 2. The zero-order valence-electron chi connectivity index (χ0n) is 15.3. The van der Waals surface area contributed by atoms with Crippen molar-refractivity contribution in [3.8, 4) is 5.75 Å². The first kappa shape index (κ1) is 20.2. The van der Waals surface area contributed by atoms with Gasteiger partial charge in [0.2, 0.25) is 0 Å². The predicted octanol–water partition coefficient (Wildman–Crippen LogP) is 3.59. The molecule has 0 heterocycles. The van der Waals surface area contributed by atoms with Crippen LogP contribution in [0.4, 0.5) is 14.9 Å². The Labute approximate surface area is 157 Å². The molecule has 0 aliphatic carbocycles. The van der Waals surface area contributed by atoms with Gasteiger partial charge in [0.25, 0.3) is 0 Å². The van der Waals surface area contributed by atoms with Crippen LogP contribution in [0.25, 0.3) is 0 Å². The number of hydrogen-bond acceptors (Lipinski definition) is 4. The van der Waals surface area contributed by atoms with Gasteiger partial charge in [-0.1, -0.05) is 32.0 Å². The number of amides is 2. The summed E-state index contributed by atoms with van der Waals surface area (Å²) in [5.74, 6) is -0.574. The smallest absolute Gasteiger partial charge is 0.329 e. The Morgan fingerprint density at radius 1 is 1.00 bits per heavy atom. The Balaban J connectivity index is 1.78. The summed E-state index contributed by atoms with van der Waals surface area (Å²) in [6.45, 7) is 3.76. The van der Waals surface area contributed by atoms with Crippen LogP contribution in [0, 0.1) is 11.7 Å². The molecule has 0 radical (unpaired) electrons. The van der Waals surface area contributed by atoms with E-state index in [4.69, 9.17) is 9.47 Å². The van der Waals surface area contributed by atoms with Crippen molar-refractivity contribution in [2.24, 2.45) is 5.92 Å². The minimum absolute atomic E-state index is 0.0153. The average Bonchev–Trinajstić information content (AvgIpc) is 2.65. The van der Waals surface area contributed by atoms with Gasteiger partial charge in [-0.3, -0.25) is 0 Å². The van der Waals surface area contributed by atoms with Crippen LogP contribution in [0.3, 0.4) is 0 Å². The Kier molecular flexibility index (Phi) is 7.61. The van der Waals surface area contributed by atoms with Crippen molar-refractivity contribution in [1.29, 1.82) is 0 Å². The lowest BCUT2D eigenvalue weighted by molar-refractivity contribution is -0.147. The normalized spacial score (nSPS) is 11.6. The van der Waals surface area contributed by atoms with E-state index in [1.165, 1.54) is 24.3 Å². The van der Waals surface area contributed by atoms with Crippen molar-refractivity contribution < 1.29 is 23.5 Å². The fraction of sp³-hybridized carbons (Fsp3) is 0.300. The number of para-hydroxylation sites is 1. The Morgan fingerprint density at radius 3 is 2.30 bits per heavy atom. The van der Waals surface area contributed by atoms with E-state index in [2.05, 4.69) is 10.6 Å². The third-order valence-corrected chi connectivity index (χ3v) is 3.65. The maximum Gasteiger partial charge on any atom is 0.329 e. The van der Waals surface area contributed by atoms with Crippen LogP contribution in [-0.4, -0.2) is 31.3 Å². The summed E-state index contributed by atoms with van der Waals surface area (Å²) in [4.78, 5) is 24.3. The number of nitrogens with one attached hydrogen (secondary N) is 2. The van der Waals surface area contributed by atoms with E-state index in [-0.39, 0.29) is 24.9 Å². The van der Waals surface area contributed by atoms with E-state index in [0.717, 1.165) is 0 Å². The Morgan fingerprint density at radius 2 is 1.67 bits per heavy atom. The van der Waals surface area contributed by atoms with Crippen LogP contribution in [0.15, 0.2) is 54.6 Å². The van der Waals surface area contributed by atoms with E-state index in [0.29, 0.717) is 11.4 Å². The van der Waals surface area contributed by atoms with Gasteiger partial charge in [-0.15, -0.1) is 0 Å². The molecule has 0 aromatic heterocycles. The van der Waals surface area contributed by atoms with Crippen LogP contribution in [-0.2, 0) is 9.53 Å². The van der Waals surface area contributed by atoms with Gasteiger partial charge in [-0.05, 0) is 42.3 Å². The second-order valence-electron chi connectivity index (χ2n) is 6.16. The first-order valence-electron chi connectivity index (χ1n) is 8.63. The number of rotatable bonds is 8.